The van der Waals surface area contributed by atoms with Crippen molar-refractivity contribution < 1.29 is 9.18 Å². The normalized spacial score (nSPS) is 14.6. The number of hydrogen-bond donors (Lipinski definition) is 1. The molecule has 0 atom stereocenters. The standard InChI is InChI=1S/C22H26FN3O/c1-4-22(5-2,14-24)26-19-11-10-15(3)12-17(19)21(25-13-20(26)27)16-8-6-7-9-18(16)23/h6-12H,4-5,13-14,24H2,1-3H3. The first-order valence-electron chi connectivity index (χ1n) is 9.41. The van der Waals surface area contributed by atoms with Gasteiger partial charge in [-0.25, -0.2) is 4.39 Å². The molecule has 0 saturated heterocycles. The maximum atomic E-state index is 14.5. The lowest BCUT2D eigenvalue weighted by molar-refractivity contribution is -0.118. The van der Waals surface area contributed by atoms with E-state index in [1.54, 1.807) is 23.1 Å². The number of nitrogens with two attached hydrogens (primary N) is 1. The summed E-state index contributed by atoms with van der Waals surface area (Å²) in [6, 6.07) is 12.4. The van der Waals surface area contributed by atoms with Gasteiger partial charge in [-0.05, 0) is 44.0 Å². The quantitative estimate of drug-likeness (QED) is 0.873. The van der Waals surface area contributed by atoms with Crippen molar-refractivity contribution in [3.63, 3.8) is 0 Å². The fourth-order valence-electron chi connectivity index (χ4n) is 3.82. The van der Waals surface area contributed by atoms with E-state index in [1.807, 2.05) is 39.0 Å². The molecule has 0 spiro atoms. The van der Waals surface area contributed by atoms with E-state index in [4.69, 9.17) is 5.73 Å². The number of amides is 1. The molecule has 0 radical (unpaired) electrons. The van der Waals surface area contributed by atoms with Crippen LogP contribution in [0.25, 0.3) is 0 Å². The van der Waals surface area contributed by atoms with E-state index < -0.39 is 5.54 Å². The number of aliphatic imine (C=N–C) groups is 1. The second-order valence-corrected chi connectivity index (χ2v) is 7.03. The van der Waals surface area contributed by atoms with Gasteiger partial charge in [-0.1, -0.05) is 37.6 Å². The average molecular weight is 367 g/mol. The number of rotatable bonds is 5. The zero-order chi connectivity index (χ0) is 19.6. The third-order valence-corrected chi connectivity index (χ3v) is 5.57. The van der Waals surface area contributed by atoms with Crippen LogP contribution >= 0.6 is 0 Å². The fourth-order valence-corrected chi connectivity index (χ4v) is 3.82. The van der Waals surface area contributed by atoms with Gasteiger partial charge in [0.1, 0.15) is 12.4 Å². The van der Waals surface area contributed by atoms with E-state index in [9.17, 15) is 9.18 Å². The van der Waals surface area contributed by atoms with Crippen molar-refractivity contribution in [1.29, 1.82) is 0 Å². The zero-order valence-electron chi connectivity index (χ0n) is 16.1. The van der Waals surface area contributed by atoms with Crippen LogP contribution in [-0.2, 0) is 4.79 Å². The molecule has 4 nitrogen and oxygen atoms in total. The summed E-state index contributed by atoms with van der Waals surface area (Å²) in [5.74, 6) is -0.457. The van der Waals surface area contributed by atoms with Gasteiger partial charge in [0.15, 0.2) is 0 Å². The van der Waals surface area contributed by atoms with Gasteiger partial charge in [0.2, 0.25) is 5.91 Å². The minimum Gasteiger partial charge on any atom is -0.328 e. The number of hydrogen-bond acceptors (Lipinski definition) is 3. The van der Waals surface area contributed by atoms with Gasteiger partial charge < -0.3 is 10.6 Å². The predicted octanol–water partition coefficient (Wildman–Crippen LogP) is 3.84. The van der Waals surface area contributed by atoms with Crippen LogP contribution in [0.4, 0.5) is 10.1 Å². The summed E-state index contributed by atoms with van der Waals surface area (Å²) < 4.78 is 14.5. The third-order valence-electron chi connectivity index (χ3n) is 5.57. The number of fused-ring (bicyclic) bond motifs is 1. The highest BCUT2D eigenvalue weighted by molar-refractivity contribution is 6.20. The molecule has 0 unspecified atom stereocenters. The van der Waals surface area contributed by atoms with Gasteiger partial charge in [-0.3, -0.25) is 9.79 Å². The summed E-state index contributed by atoms with van der Waals surface area (Å²) in [5, 5.41) is 0. The number of benzodiazepines with no additional fused rings is 1. The minimum absolute atomic E-state index is 0.0286. The lowest BCUT2D eigenvalue weighted by Gasteiger charge is -2.42. The Hall–Kier alpha value is -2.53. The summed E-state index contributed by atoms with van der Waals surface area (Å²) in [4.78, 5) is 19.5. The molecule has 0 fully saturated rings. The number of carbonyl (C=O) groups excluding carboxylic acids is 1. The largest absolute Gasteiger partial charge is 0.328 e. The van der Waals surface area contributed by atoms with Crippen molar-refractivity contribution in [3.8, 4) is 0 Å². The molecule has 0 saturated carbocycles. The number of nitrogens with zero attached hydrogens (tertiary/aromatic N) is 2. The third kappa shape index (κ3) is 3.28. The highest BCUT2D eigenvalue weighted by Gasteiger charge is 2.39. The summed E-state index contributed by atoms with van der Waals surface area (Å²) >= 11 is 0. The van der Waals surface area contributed by atoms with Gasteiger partial charge in [0.25, 0.3) is 0 Å². The molecule has 142 valence electrons. The van der Waals surface area contributed by atoms with Crippen molar-refractivity contribution in [2.24, 2.45) is 10.7 Å². The summed E-state index contributed by atoms with van der Waals surface area (Å²) in [7, 11) is 0. The number of benzene rings is 2. The van der Waals surface area contributed by atoms with Gasteiger partial charge >= 0.3 is 0 Å². The van der Waals surface area contributed by atoms with Crippen LogP contribution < -0.4 is 10.6 Å². The monoisotopic (exact) mass is 367 g/mol. The zero-order valence-corrected chi connectivity index (χ0v) is 16.1. The van der Waals surface area contributed by atoms with Crippen LogP contribution in [-0.4, -0.2) is 30.2 Å². The van der Waals surface area contributed by atoms with Crippen LogP contribution in [0.2, 0.25) is 0 Å². The molecular formula is C22H26FN3O. The number of aryl methyl sites for hydroxylation is 1. The van der Waals surface area contributed by atoms with Crippen molar-refractivity contribution in [2.45, 2.75) is 39.2 Å². The van der Waals surface area contributed by atoms with Crippen LogP contribution in [0.3, 0.4) is 0 Å². The molecule has 1 aliphatic rings. The van der Waals surface area contributed by atoms with Crippen LogP contribution in [0.5, 0.6) is 0 Å². The Morgan fingerprint density at radius 1 is 1.15 bits per heavy atom. The van der Waals surface area contributed by atoms with Gasteiger partial charge in [0, 0.05) is 17.7 Å². The highest BCUT2D eigenvalue weighted by atomic mass is 19.1. The Morgan fingerprint density at radius 3 is 2.48 bits per heavy atom. The summed E-state index contributed by atoms with van der Waals surface area (Å²) in [6.07, 6.45) is 1.46. The number of halogens is 1. The molecule has 27 heavy (non-hydrogen) atoms. The van der Waals surface area contributed by atoms with E-state index in [0.29, 0.717) is 17.8 Å². The Labute approximate surface area is 159 Å². The Kier molecular flexibility index (Phi) is 5.42. The molecule has 0 bridgehead atoms. The maximum absolute atomic E-state index is 14.5. The van der Waals surface area contributed by atoms with Crippen LogP contribution in [0.15, 0.2) is 47.5 Å². The van der Waals surface area contributed by atoms with Crippen LogP contribution in [0.1, 0.15) is 43.4 Å². The van der Waals surface area contributed by atoms with E-state index in [1.165, 1.54) is 6.07 Å². The average Bonchev–Trinajstić information content (AvgIpc) is 2.81. The Morgan fingerprint density at radius 2 is 1.85 bits per heavy atom. The first-order valence-corrected chi connectivity index (χ1v) is 9.41. The van der Waals surface area contributed by atoms with Gasteiger partial charge in [-0.15, -0.1) is 0 Å². The molecule has 1 heterocycles. The van der Waals surface area contributed by atoms with Crippen molar-refractivity contribution in [3.05, 3.63) is 65.0 Å². The van der Waals surface area contributed by atoms with Crippen LogP contribution in [0, 0.1) is 12.7 Å². The second kappa shape index (κ2) is 7.61. The number of carbonyl (C=O) groups is 1. The van der Waals surface area contributed by atoms with Gasteiger partial charge in [-0.2, -0.15) is 0 Å². The van der Waals surface area contributed by atoms with E-state index in [2.05, 4.69) is 4.99 Å². The molecule has 2 N–H and O–H groups in total. The highest BCUT2D eigenvalue weighted by Crippen LogP contribution is 2.36. The lowest BCUT2D eigenvalue weighted by atomic mass is 9.88. The molecule has 0 aromatic heterocycles. The molecule has 0 aliphatic carbocycles. The molecular weight excluding hydrogens is 341 g/mol. The maximum Gasteiger partial charge on any atom is 0.249 e. The number of anilines is 1. The lowest BCUT2D eigenvalue weighted by Crippen LogP contribution is -2.57. The first-order chi connectivity index (χ1) is 13.0. The minimum atomic E-state index is -0.485. The van der Waals surface area contributed by atoms with Crippen molar-refractivity contribution in [2.75, 3.05) is 18.0 Å². The van der Waals surface area contributed by atoms with Crippen molar-refractivity contribution in [1.82, 2.24) is 0 Å². The molecule has 5 heteroatoms. The molecule has 3 rings (SSSR count). The Balaban J connectivity index is 2.27. The summed E-state index contributed by atoms with van der Waals surface area (Å²) in [5.41, 5.74) is 9.12. The van der Waals surface area contributed by atoms with Crippen molar-refractivity contribution >= 4 is 17.3 Å². The van der Waals surface area contributed by atoms with E-state index in [-0.39, 0.29) is 18.3 Å². The predicted molar refractivity (Wildman–Crippen MR) is 108 cm³/mol. The fraction of sp³-hybridized carbons (Fsp3) is 0.364. The molecule has 1 amide bonds. The van der Waals surface area contributed by atoms with Gasteiger partial charge in [0.05, 0.1) is 16.9 Å². The SMILES string of the molecule is CCC(CC)(CN)N1C(=O)CN=C(c2ccccc2F)c2cc(C)ccc21. The van der Waals surface area contributed by atoms with E-state index in [0.717, 1.165) is 29.7 Å². The molecule has 2 aromatic carbocycles. The topological polar surface area (TPSA) is 58.7 Å². The smallest absolute Gasteiger partial charge is 0.249 e. The Bertz CT molecular complexity index is 879. The first kappa shape index (κ1) is 19.2. The summed E-state index contributed by atoms with van der Waals surface area (Å²) in [6.45, 7) is 6.39. The molecule has 1 aliphatic heterocycles. The molecule has 2 aromatic rings. The van der Waals surface area contributed by atoms with E-state index >= 15 is 0 Å². The second-order valence-electron chi connectivity index (χ2n) is 7.03.